The Bertz CT molecular complexity index is 828. The molecule has 5 atom stereocenters. The van der Waals surface area contributed by atoms with Crippen LogP contribution in [-0.4, -0.2) is 45.3 Å². The molecular formula is C25H37NO5S. The first-order valence-corrected chi connectivity index (χ1v) is 12.3. The molecule has 2 rings (SSSR count). The highest BCUT2D eigenvalue weighted by Crippen LogP contribution is 2.32. The van der Waals surface area contributed by atoms with Crippen LogP contribution in [0, 0.1) is 24.2 Å². The Hall–Kier alpha value is -1.83. The fraction of sp³-hybridized carbons (Fsp3) is 0.640. The number of nitrogens with zero attached hydrogens (tertiary/aromatic N) is 1. The number of hydrogen-bond donors (Lipinski definition) is 2. The molecule has 0 radical (unpaired) electrons. The van der Waals surface area contributed by atoms with Crippen LogP contribution in [0.3, 0.4) is 0 Å². The predicted molar refractivity (Wildman–Crippen MR) is 127 cm³/mol. The zero-order chi connectivity index (χ0) is 23.9. The van der Waals surface area contributed by atoms with Crippen molar-refractivity contribution in [2.45, 2.75) is 85.0 Å². The molecule has 0 spiro atoms. The maximum absolute atomic E-state index is 13.1. The van der Waals surface area contributed by atoms with Crippen molar-refractivity contribution in [1.82, 2.24) is 4.98 Å². The Kier molecular flexibility index (Phi) is 9.80. The third kappa shape index (κ3) is 7.36. The number of aromatic nitrogens is 1. The van der Waals surface area contributed by atoms with Gasteiger partial charge in [0.05, 0.1) is 34.7 Å². The van der Waals surface area contributed by atoms with E-state index in [1.54, 1.807) is 32.1 Å². The van der Waals surface area contributed by atoms with Crippen LogP contribution in [0.25, 0.3) is 6.08 Å². The van der Waals surface area contributed by atoms with Crippen molar-refractivity contribution in [1.29, 1.82) is 0 Å². The minimum atomic E-state index is -1.21. The van der Waals surface area contributed by atoms with Crippen LogP contribution >= 0.6 is 11.3 Å². The Balaban J connectivity index is 2.21. The second kappa shape index (κ2) is 11.9. The lowest BCUT2D eigenvalue weighted by molar-refractivity contribution is -0.153. The van der Waals surface area contributed by atoms with Crippen molar-refractivity contribution < 1.29 is 24.5 Å². The maximum Gasteiger partial charge on any atom is 0.309 e. The van der Waals surface area contributed by atoms with Gasteiger partial charge in [-0.2, -0.15) is 0 Å². The summed E-state index contributed by atoms with van der Waals surface area (Å²) >= 11 is 1.55. The first-order chi connectivity index (χ1) is 15.0. The summed E-state index contributed by atoms with van der Waals surface area (Å²) in [5, 5.41) is 24.3. The standard InChI is InChI=1S/C25H37NO5S/c1-16-10-8-6-7-9-11-20(13-12-19-15-32-18(3)26-19)31-22(28)14-21(27)25(4,5)24(30)17(2)23(16)29/h7,9,12-13,15-17,20-21,23,27,29H,6,8,10-11,14H2,1-5H3/b9-7-,13-12+/t16-,17+,20-,21-,23?/m0/s1. The van der Waals surface area contributed by atoms with Gasteiger partial charge in [-0.3, -0.25) is 9.59 Å². The number of Topliss-reactive ketones (excluding diaryl/α,β-unsaturated/α-hetero) is 1. The Morgan fingerprint density at radius 2 is 1.94 bits per heavy atom. The number of rotatable bonds is 2. The molecule has 32 heavy (non-hydrogen) atoms. The van der Waals surface area contributed by atoms with E-state index < -0.39 is 35.6 Å². The second-order valence-corrected chi connectivity index (χ2v) is 10.4. The van der Waals surface area contributed by atoms with E-state index in [9.17, 15) is 19.8 Å². The quantitative estimate of drug-likeness (QED) is 0.496. The first-order valence-electron chi connectivity index (χ1n) is 11.4. The van der Waals surface area contributed by atoms with Crippen molar-refractivity contribution in [2.24, 2.45) is 17.3 Å². The third-order valence-corrected chi connectivity index (χ3v) is 7.10. The van der Waals surface area contributed by atoms with Gasteiger partial charge in [-0.25, -0.2) is 4.98 Å². The van der Waals surface area contributed by atoms with E-state index >= 15 is 0 Å². The van der Waals surface area contributed by atoms with Crippen LogP contribution in [0.5, 0.6) is 0 Å². The molecule has 2 heterocycles. The lowest BCUT2D eigenvalue weighted by Gasteiger charge is -2.34. The number of hydrogen-bond acceptors (Lipinski definition) is 7. The summed E-state index contributed by atoms with van der Waals surface area (Å²) in [6.07, 6.45) is 7.97. The van der Waals surface area contributed by atoms with Gasteiger partial charge in [-0.05, 0) is 44.3 Å². The molecule has 0 saturated heterocycles. The summed E-state index contributed by atoms with van der Waals surface area (Å²) in [5.41, 5.74) is -0.368. The Labute approximate surface area is 195 Å². The van der Waals surface area contributed by atoms with E-state index in [-0.39, 0.29) is 18.1 Å². The van der Waals surface area contributed by atoms with Gasteiger partial charge in [-0.1, -0.05) is 39.8 Å². The van der Waals surface area contributed by atoms with Gasteiger partial charge in [0.1, 0.15) is 11.9 Å². The van der Waals surface area contributed by atoms with Crippen molar-refractivity contribution in [2.75, 3.05) is 0 Å². The molecule has 1 aliphatic heterocycles. The van der Waals surface area contributed by atoms with Crippen LogP contribution < -0.4 is 0 Å². The number of aryl methyl sites for hydroxylation is 1. The van der Waals surface area contributed by atoms with E-state index in [2.05, 4.69) is 11.1 Å². The SMILES string of the molecule is Cc1nc(/C=C/[C@@H]2C/C=C\CCC[C@H](C)C(O)[C@@H](C)C(=O)C(C)(C)[C@@H](O)CC(=O)O2)cs1. The van der Waals surface area contributed by atoms with Crippen LogP contribution in [0.2, 0.25) is 0 Å². The van der Waals surface area contributed by atoms with E-state index in [4.69, 9.17) is 4.74 Å². The normalized spacial score (nSPS) is 32.0. The minimum Gasteiger partial charge on any atom is -0.458 e. The van der Waals surface area contributed by atoms with E-state index in [1.807, 2.05) is 37.5 Å². The number of aliphatic hydroxyl groups is 2. The molecule has 0 aromatic carbocycles. The Morgan fingerprint density at radius 3 is 2.59 bits per heavy atom. The molecule has 0 aliphatic carbocycles. The Morgan fingerprint density at radius 1 is 1.22 bits per heavy atom. The molecule has 0 fully saturated rings. The van der Waals surface area contributed by atoms with Gasteiger partial charge in [0.15, 0.2) is 0 Å². The number of carbonyl (C=O) groups excluding carboxylic acids is 2. The summed E-state index contributed by atoms with van der Waals surface area (Å²) in [4.78, 5) is 30.0. The minimum absolute atomic E-state index is 0.0367. The van der Waals surface area contributed by atoms with Gasteiger partial charge >= 0.3 is 5.97 Å². The lowest BCUT2D eigenvalue weighted by atomic mass is 9.73. The van der Waals surface area contributed by atoms with E-state index in [1.165, 1.54) is 0 Å². The van der Waals surface area contributed by atoms with Crippen molar-refractivity contribution in [3.63, 3.8) is 0 Å². The summed E-state index contributed by atoms with van der Waals surface area (Å²) in [6, 6.07) is 0. The molecule has 1 aliphatic rings. The predicted octanol–water partition coefficient (Wildman–Crippen LogP) is 4.49. The third-order valence-electron chi connectivity index (χ3n) is 6.30. The topological polar surface area (TPSA) is 96.7 Å². The van der Waals surface area contributed by atoms with Crippen LogP contribution in [0.15, 0.2) is 23.6 Å². The van der Waals surface area contributed by atoms with Gasteiger partial charge in [0, 0.05) is 17.7 Å². The highest BCUT2D eigenvalue weighted by Gasteiger charge is 2.42. The zero-order valence-corrected chi connectivity index (χ0v) is 20.6. The van der Waals surface area contributed by atoms with Crippen LogP contribution in [0.4, 0.5) is 0 Å². The molecule has 0 saturated carbocycles. The number of thiazole rings is 1. The van der Waals surface area contributed by atoms with Crippen LogP contribution in [0.1, 0.15) is 70.5 Å². The van der Waals surface area contributed by atoms with Crippen molar-refractivity contribution in [3.8, 4) is 0 Å². The average molecular weight is 464 g/mol. The molecule has 2 N–H and O–H groups in total. The fourth-order valence-electron chi connectivity index (χ4n) is 3.93. The highest BCUT2D eigenvalue weighted by molar-refractivity contribution is 7.09. The number of cyclic esters (lactones) is 1. The zero-order valence-electron chi connectivity index (χ0n) is 19.8. The molecule has 0 bridgehead atoms. The second-order valence-electron chi connectivity index (χ2n) is 9.38. The van der Waals surface area contributed by atoms with E-state index in [0.717, 1.165) is 30.0 Å². The first kappa shape index (κ1) is 26.4. The summed E-state index contributed by atoms with van der Waals surface area (Å²) in [6.45, 7) is 8.82. The molecule has 1 aromatic heterocycles. The van der Waals surface area contributed by atoms with Crippen molar-refractivity contribution >= 4 is 29.2 Å². The summed E-state index contributed by atoms with van der Waals surface area (Å²) in [7, 11) is 0. The van der Waals surface area contributed by atoms with Gasteiger partial charge in [-0.15, -0.1) is 11.3 Å². The molecule has 1 unspecified atom stereocenters. The fourth-order valence-corrected chi connectivity index (χ4v) is 4.51. The highest BCUT2D eigenvalue weighted by atomic mass is 32.1. The van der Waals surface area contributed by atoms with E-state index in [0.29, 0.717) is 6.42 Å². The monoisotopic (exact) mass is 463 g/mol. The van der Waals surface area contributed by atoms with Crippen molar-refractivity contribution in [3.05, 3.63) is 34.3 Å². The largest absolute Gasteiger partial charge is 0.458 e. The lowest BCUT2D eigenvalue weighted by Crippen LogP contribution is -2.45. The number of carbonyl (C=O) groups is 2. The van der Waals surface area contributed by atoms with Crippen LogP contribution in [-0.2, 0) is 14.3 Å². The number of allylic oxidation sites excluding steroid dienone is 1. The molecule has 1 aromatic rings. The van der Waals surface area contributed by atoms with Gasteiger partial charge in [0.2, 0.25) is 0 Å². The molecule has 0 amide bonds. The maximum atomic E-state index is 13.1. The van der Waals surface area contributed by atoms with Gasteiger partial charge < -0.3 is 14.9 Å². The summed E-state index contributed by atoms with van der Waals surface area (Å²) < 4.78 is 5.62. The number of ketones is 1. The van der Waals surface area contributed by atoms with Gasteiger partial charge in [0.25, 0.3) is 0 Å². The molecular weight excluding hydrogens is 426 g/mol. The molecule has 6 nitrogen and oxygen atoms in total. The number of esters is 1. The summed E-state index contributed by atoms with van der Waals surface area (Å²) in [5.74, 6) is -1.49. The smallest absolute Gasteiger partial charge is 0.309 e. The number of ether oxygens (including phenoxy) is 1. The average Bonchev–Trinajstić information content (AvgIpc) is 3.16. The molecule has 178 valence electrons. The molecule has 7 heteroatoms. The number of aliphatic hydroxyl groups excluding tert-OH is 2.